The number of likely N-dealkylation sites (N-methyl/N-ethyl adjacent to an activating group) is 1. The molecule has 2 atom stereocenters. The number of piperidine rings is 1. The van der Waals surface area contributed by atoms with Crippen LogP contribution in [0.5, 0.6) is 0 Å². The number of H-pyrrole nitrogens is 1. The topological polar surface area (TPSA) is 45.7 Å². The highest BCUT2D eigenvalue weighted by molar-refractivity contribution is 5.82. The smallest absolute Gasteiger partial charge is 0.108 e. The molecular weight excluding hydrogens is 372 g/mol. The fourth-order valence-corrected chi connectivity index (χ4v) is 5.26. The van der Waals surface area contributed by atoms with Crippen molar-refractivity contribution < 1.29 is 5.11 Å². The lowest BCUT2D eigenvalue weighted by Gasteiger charge is -2.51. The van der Waals surface area contributed by atoms with Gasteiger partial charge in [-0.25, -0.2) is 0 Å². The van der Waals surface area contributed by atoms with Crippen molar-refractivity contribution in [3.8, 4) is 0 Å². The van der Waals surface area contributed by atoms with Crippen molar-refractivity contribution in [3.63, 3.8) is 0 Å². The van der Waals surface area contributed by atoms with Crippen LogP contribution in [0.4, 0.5) is 0 Å². The van der Waals surface area contributed by atoms with Crippen LogP contribution in [-0.4, -0.2) is 77.1 Å². The van der Waals surface area contributed by atoms with Crippen LogP contribution in [0, 0.1) is 0 Å². The van der Waals surface area contributed by atoms with E-state index in [-0.39, 0.29) is 6.04 Å². The Morgan fingerprint density at radius 2 is 1.77 bits per heavy atom. The predicted molar refractivity (Wildman–Crippen MR) is 121 cm³/mol. The third kappa shape index (κ3) is 3.67. The fraction of sp³-hybridized carbons (Fsp3) is 0.440. The standard InChI is InChI=1S/C25H32N4O/c1-27-14-16-29(17-15-27)23-19-28(13-11-25(23,30)22-8-3-2-4-9-22)18-21-7-5-6-20-10-12-26-24(20)21/h2-10,12,23,26,30H,11,13-19H2,1H3/t23-,25+/m1/s1. The minimum Gasteiger partial charge on any atom is -0.383 e. The van der Waals surface area contributed by atoms with Gasteiger partial charge in [0.15, 0.2) is 0 Å². The number of rotatable bonds is 4. The number of nitrogens with one attached hydrogen (secondary N) is 1. The van der Waals surface area contributed by atoms with E-state index in [1.807, 2.05) is 24.4 Å². The zero-order valence-electron chi connectivity index (χ0n) is 17.8. The first-order valence-corrected chi connectivity index (χ1v) is 11.1. The zero-order chi connectivity index (χ0) is 20.6. The summed E-state index contributed by atoms with van der Waals surface area (Å²) in [7, 11) is 2.19. The van der Waals surface area contributed by atoms with E-state index in [9.17, 15) is 5.11 Å². The third-order valence-corrected chi connectivity index (χ3v) is 7.11. The minimum atomic E-state index is -0.799. The van der Waals surface area contributed by atoms with Gasteiger partial charge in [-0.1, -0.05) is 48.5 Å². The van der Waals surface area contributed by atoms with Crippen LogP contribution >= 0.6 is 0 Å². The van der Waals surface area contributed by atoms with E-state index in [1.165, 1.54) is 16.5 Å². The Morgan fingerprint density at radius 1 is 0.967 bits per heavy atom. The highest BCUT2D eigenvalue weighted by atomic mass is 16.3. The molecular formula is C25H32N4O. The Labute approximate surface area is 178 Å². The summed E-state index contributed by atoms with van der Waals surface area (Å²) in [6.45, 7) is 6.82. The SMILES string of the molecule is CN1CCN([C@@H]2CN(Cc3cccc4cc[nH]c34)CC[C@]2(O)c2ccccc2)CC1. The number of hydrogen-bond acceptors (Lipinski definition) is 4. The van der Waals surface area contributed by atoms with Crippen LogP contribution in [0.3, 0.4) is 0 Å². The number of para-hydroxylation sites is 1. The van der Waals surface area contributed by atoms with Crippen LogP contribution < -0.4 is 0 Å². The molecule has 5 rings (SSSR count). The summed E-state index contributed by atoms with van der Waals surface area (Å²) >= 11 is 0. The lowest BCUT2D eigenvalue weighted by atomic mass is 9.79. The quantitative estimate of drug-likeness (QED) is 0.702. The number of aliphatic hydroxyl groups is 1. The van der Waals surface area contributed by atoms with Gasteiger partial charge >= 0.3 is 0 Å². The molecule has 2 N–H and O–H groups in total. The molecule has 5 nitrogen and oxygen atoms in total. The molecule has 0 unspecified atom stereocenters. The van der Waals surface area contributed by atoms with Crippen molar-refractivity contribution in [2.75, 3.05) is 46.3 Å². The first-order valence-electron chi connectivity index (χ1n) is 11.1. The van der Waals surface area contributed by atoms with Crippen molar-refractivity contribution in [1.82, 2.24) is 19.7 Å². The molecule has 158 valence electrons. The van der Waals surface area contributed by atoms with Gasteiger partial charge in [0.05, 0.1) is 6.04 Å². The second-order valence-corrected chi connectivity index (χ2v) is 8.99. The van der Waals surface area contributed by atoms with Gasteiger partial charge in [0.1, 0.15) is 5.60 Å². The van der Waals surface area contributed by atoms with Crippen LogP contribution in [0.25, 0.3) is 10.9 Å². The van der Waals surface area contributed by atoms with Crippen molar-refractivity contribution in [2.24, 2.45) is 0 Å². The molecule has 2 aromatic carbocycles. The number of fused-ring (bicyclic) bond motifs is 1. The average molecular weight is 405 g/mol. The van der Waals surface area contributed by atoms with E-state index in [2.05, 4.69) is 63.1 Å². The van der Waals surface area contributed by atoms with Gasteiger partial charge in [0, 0.05) is 57.5 Å². The Hall–Kier alpha value is -2.18. The summed E-state index contributed by atoms with van der Waals surface area (Å²) < 4.78 is 0. The van der Waals surface area contributed by atoms with Gasteiger partial charge in [0.25, 0.3) is 0 Å². The Balaban J connectivity index is 1.41. The number of likely N-dealkylation sites (tertiary alicyclic amines) is 1. The van der Waals surface area contributed by atoms with Gasteiger partial charge in [0.2, 0.25) is 0 Å². The molecule has 2 fully saturated rings. The van der Waals surface area contributed by atoms with Crippen LogP contribution in [-0.2, 0) is 12.1 Å². The molecule has 30 heavy (non-hydrogen) atoms. The van der Waals surface area contributed by atoms with E-state index < -0.39 is 5.60 Å². The van der Waals surface area contributed by atoms with E-state index >= 15 is 0 Å². The fourth-order valence-electron chi connectivity index (χ4n) is 5.26. The lowest BCUT2D eigenvalue weighted by Crippen LogP contribution is -2.63. The molecule has 0 radical (unpaired) electrons. The number of hydrogen-bond donors (Lipinski definition) is 2. The number of nitrogens with zero attached hydrogens (tertiary/aromatic N) is 3. The molecule has 2 aliphatic heterocycles. The van der Waals surface area contributed by atoms with Crippen LogP contribution in [0.1, 0.15) is 17.5 Å². The number of aromatic amines is 1. The molecule has 0 bridgehead atoms. The maximum absolute atomic E-state index is 12.0. The van der Waals surface area contributed by atoms with Crippen molar-refractivity contribution >= 4 is 10.9 Å². The van der Waals surface area contributed by atoms with Crippen LogP contribution in [0.2, 0.25) is 0 Å². The first-order chi connectivity index (χ1) is 14.6. The van der Waals surface area contributed by atoms with Gasteiger partial charge in [-0.05, 0) is 36.0 Å². The van der Waals surface area contributed by atoms with Gasteiger partial charge in [-0.15, -0.1) is 0 Å². The minimum absolute atomic E-state index is 0.102. The molecule has 0 aliphatic carbocycles. The second kappa shape index (κ2) is 8.16. The van der Waals surface area contributed by atoms with Crippen molar-refractivity contribution in [3.05, 3.63) is 71.9 Å². The molecule has 2 aliphatic rings. The Kier molecular flexibility index (Phi) is 5.37. The molecule has 0 spiro atoms. The molecule has 0 amide bonds. The molecule has 5 heteroatoms. The van der Waals surface area contributed by atoms with Crippen molar-refractivity contribution in [2.45, 2.75) is 24.6 Å². The number of benzene rings is 2. The molecule has 1 aromatic heterocycles. The Bertz CT molecular complexity index is 979. The van der Waals surface area contributed by atoms with Gasteiger partial charge < -0.3 is 15.0 Å². The summed E-state index contributed by atoms with van der Waals surface area (Å²) in [4.78, 5) is 10.8. The molecule has 3 heterocycles. The maximum atomic E-state index is 12.0. The van der Waals surface area contributed by atoms with E-state index in [0.717, 1.165) is 57.8 Å². The summed E-state index contributed by atoms with van der Waals surface area (Å²) in [5.41, 5.74) is 2.82. The molecule has 3 aromatic rings. The third-order valence-electron chi connectivity index (χ3n) is 7.11. The highest BCUT2D eigenvalue weighted by Crippen LogP contribution is 2.37. The van der Waals surface area contributed by atoms with Crippen molar-refractivity contribution in [1.29, 1.82) is 0 Å². The van der Waals surface area contributed by atoms with Gasteiger partial charge in [-0.2, -0.15) is 0 Å². The molecule has 2 saturated heterocycles. The monoisotopic (exact) mass is 404 g/mol. The average Bonchev–Trinajstić information content (AvgIpc) is 3.26. The van der Waals surface area contributed by atoms with E-state index in [1.54, 1.807) is 0 Å². The summed E-state index contributed by atoms with van der Waals surface area (Å²) in [6.07, 6.45) is 2.78. The van der Waals surface area contributed by atoms with Crippen LogP contribution in [0.15, 0.2) is 60.8 Å². The predicted octanol–water partition coefficient (Wildman–Crippen LogP) is 2.88. The Morgan fingerprint density at radius 3 is 2.57 bits per heavy atom. The second-order valence-electron chi connectivity index (χ2n) is 8.99. The number of aromatic nitrogens is 1. The summed E-state index contributed by atoms with van der Waals surface area (Å²) in [5.74, 6) is 0. The lowest BCUT2D eigenvalue weighted by molar-refractivity contribution is -0.108. The zero-order valence-corrected chi connectivity index (χ0v) is 17.8. The summed E-state index contributed by atoms with van der Waals surface area (Å²) in [6, 6.07) is 19.1. The summed E-state index contributed by atoms with van der Waals surface area (Å²) in [5, 5.41) is 13.2. The largest absolute Gasteiger partial charge is 0.383 e. The van der Waals surface area contributed by atoms with Gasteiger partial charge in [-0.3, -0.25) is 9.80 Å². The maximum Gasteiger partial charge on any atom is 0.108 e. The van der Waals surface area contributed by atoms with E-state index in [0.29, 0.717) is 0 Å². The first kappa shape index (κ1) is 19.8. The highest BCUT2D eigenvalue weighted by Gasteiger charge is 2.46. The number of piperazine rings is 1. The van der Waals surface area contributed by atoms with E-state index in [4.69, 9.17) is 0 Å². The normalized spacial score (nSPS) is 26.9. The molecule has 0 saturated carbocycles.